The first-order valence-corrected chi connectivity index (χ1v) is 13.5. The average Bonchev–Trinajstić information content (AvgIpc) is 3.00. The molecule has 1 amide bonds. The number of benzene rings is 2. The topological polar surface area (TPSA) is 258 Å². The molecule has 1 aliphatic heterocycles. The number of carbonyl (C=O) groups is 5. The highest BCUT2D eigenvalue weighted by atomic mass is 16.6. The van der Waals surface area contributed by atoms with E-state index < -0.39 is 91.6 Å². The molecule has 0 spiro atoms. The Balaban J connectivity index is 2.17. The molecule has 3 rings (SSSR count). The molecule has 16 heteroatoms. The Morgan fingerprint density at radius 1 is 0.800 bits per heavy atom. The molecule has 7 N–H and O–H groups in total. The maximum Gasteiger partial charge on any atom is 0.411 e. The van der Waals surface area contributed by atoms with Gasteiger partial charge in [0.05, 0.1) is 13.0 Å². The number of esters is 1. The summed E-state index contributed by atoms with van der Waals surface area (Å²) >= 11 is 0. The van der Waals surface area contributed by atoms with Gasteiger partial charge in [-0.15, -0.1) is 0 Å². The van der Waals surface area contributed by atoms with Gasteiger partial charge in [-0.1, -0.05) is 60.7 Å². The van der Waals surface area contributed by atoms with Gasteiger partial charge in [-0.05, 0) is 11.1 Å². The molecule has 1 saturated heterocycles. The van der Waals surface area contributed by atoms with E-state index in [4.69, 9.17) is 14.6 Å². The van der Waals surface area contributed by atoms with Gasteiger partial charge in [0.15, 0.2) is 6.61 Å². The van der Waals surface area contributed by atoms with E-state index in [2.05, 4.69) is 4.74 Å². The van der Waals surface area contributed by atoms with E-state index in [1.807, 2.05) is 0 Å². The van der Waals surface area contributed by atoms with E-state index in [0.29, 0.717) is 11.1 Å². The summed E-state index contributed by atoms with van der Waals surface area (Å²) in [7, 11) is 0. The number of carbonyl (C=O) groups excluding carboxylic acids is 2. The molecular formula is C29H33NO15. The van der Waals surface area contributed by atoms with Gasteiger partial charge in [-0.2, -0.15) is 0 Å². The SMILES string of the molecule is O=C(O)COC(=O)C(CC(=O)O)(OC(=O)N(Cc1ccccc1)Cc1ccccc1)C(C(=O)O)C1O[C@H](CO)[C@@H](O)[C@H](O)[C@H]1O. The Hall–Kier alpha value is -4.61. The zero-order valence-electron chi connectivity index (χ0n) is 23.6. The van der Waals surface area contributed by atoms with Crippen molar-refractivity contribution in [1.29, 1.82) is 0 Å². The summed E-state index contributed by atoms with van der Waals surface area (Å²) in [4.78, 5) is 64.7. The molecule has 1 fully saturated rings. The van der Waals surface area contributed by atoms with Crippen LogP contribution in [-0.4, -0.2) is 120 Å². The number of aliphatic carboxylic acids is 3. The summed E-state index contributed by atoms with van der Waals surface area (Å²) in [6.07, 6.45) is -13.6. The van der Waals surface area contributed by atoms with Gasteiger partial charge in [0, 0.05) is 13.1 Å². The molecule has 45 heavy (non-hydrogen) atoms. The molecule has 1 aliphatic rings. The Labute approximate surface area is 255 Å². The number of rotatable bonds is 14. The molecular weight excluding hydrogens is 602 g/mol. The Morgan fingerprint density at radius 2 is 1.33 bits per heavy atom. The lowest BCUT2D eigenvalue weighted by atomic mass is 9.75. The fraction of sp³-hybridized carbons (Fsp3) is 0.414. The summed E-state index contributed by atoms with van der Waals surface area (Å²) in [5.74, 6) is -10.4. The molecule has 244 valence electrons. The summed E-state index contributed by atoms with van der Waals surface area (Å²) in [5, 5.41) is 70.2. The van der Waals surface area contributed by atoms with Crippen LogP contribution in [0.3, 0.4) is 0 Å². The second kappa shape index (κ2) is 15.4. The second-order valence-corrected chi connectivity index (χ2v) is 10.2. The summed E-state index contributed by atoms with van der Waals surface area (Å²) in [6, 6.07) is 16.6. The van der Waals surface area contributed by atoms with Crippen LogP contribution >= 0.6 is 0 Å². The van der Waals surface area contributed by atoms with E-state index in [9.17, 15) is 54.6 Å². The number of hydrogen-bond donors (Lipinski definition) is 7. The van der Waals surface area contributed by atoms with Gasteiger partial charge in [0.25, 0.3) is 0 Å². The van der Waals surface area contributed by atoms with Gasteiger partial charge in [-0.25, -0.2) is 14.4 Å². The summed E-state index contributed by atoms with van der Waals surface area (Å²) in [5.41, 5.74) is -2.33. The van der Waals surface area contributed by atoms with Crippen LogP contribution < -0.4 is 0 Å². The number of aliphatic hydroxyl groups is 4. The number of hydrogen-bond acceptors (Lipinski definition) is 12. The fourth-order valence-electron chi connectivity index (χ4n) is 4.95. The van der Waals surface area contributed by atoms with Crippen LogP contribution in [-0.2, 0) is 46.5 Å². The van der Waals surface area contributed by atoms with Gasteiger partial charge in [0.1, 0.15) is 36.4 Å². The van der Waals surface area contributed by atoms with Crippen LogP contribution in [0.15, 0.2) is 60.7 Å². The predicted molar refractivity (Wildman–Crippen MR) is 147 cm³/mol. The van der Waals surface area contributed by atoms with Crippen molar-refractivity contribution in [3.05, 3.63) is 71.8 Å². The van der Waals surface area contributed by atoms with E-state index in [-0.39, 0.29) is 13.1 Å². The maximum atomic E-state index is 13.9. The van der Waals surface area contributed by atoms with Crippen molar-refractivity contribution in [2.45, 2.75) is 55.6 Å². The second-order valence-electron chi connectivity index (χ2n) is 10.2. The van der Waals surface area contributed by atoms with Crippen molar-refractivity contribution < 1.29 is 73.9 Å². The number of amides is 1. The predicted octanol–water partition coefficient (Wildman–Crippen LogP) is -0.790. The van der Waals surface area contributed by atoms with Gasteiger partial charge in [-0.3, -0.25) is 14.5 Å². The largest absolute Gasteiger partial charge is 0.481 e. The third-order valence-corrected chi connectivity index (χ3v) is 7.07. The van der Waals surface area contributed by atoms with Crippen molar-refractivity contribution in [3.63, 3.8) is 0 Å². The number of carboxylic acid groups (broad SMARTS) is 3. The molecule has 0 radical (unpaired) electrons. The fourth-order valence-corrected chi connectivity index (χ4v) is 4.95. The molecule has 7 atom stereocenters. The van der Waals surface area contributed by atoms with E-state index >= 15 is 0 Å². The molecule has 0 aliphatic carbocycles. The monoisotopic (exact) mass is 635 g/mol. The molecule has 0 bridgehead atoms. The van der Waals surface area contributed by atoms with E-state index in [0.717, 1.165) is 4.90 Å². The minimum absolute atomic E-state index is 0.195. The Kier molecular flexibility index (Phi) is 11.9. The summed E-state index contributed by atoms with van der Waals surface area (Å²) < 4.78 is 15.5. The Morgan fingerprint density at radius 3 is 1.78 bits per heavy atom. The minimum Gasteiger partial charge on any atom is -0.481 e. The first-order chi connectivity index (χ1) is 21.3. The van der Waals surface area contributed by atoms with Gasteiger partial charge < -0.3 is 50.0 Å². The normalized spacial score (nSPS) is 23.2. The first kappa shape index (κ1) is 34.9. The third-order valence-electron chi connectivity index (χ3n) is 7.07. The zero-order valence-corrected chi connectivity index (χ0v) is 23.6. The molecule has 1 heterocycles. The van der Waals surface area contributed by atoms with Crippen molar-refractivity contribution >= 4 is 30.0 Å². The Bertz CT molecular complexity index is 1300. The van der Waals surface area contributed by atoms with Gasteiger partial charge in [0.2, 0.25) is 5.60 Å². The van der Waals surface area contributed by atoms with Crippen molar-refractivity contribution in [1.82, 2.24) is 4.90 Å². The van der Waals surface area contributed by atoms with Crippen LogP contribution in [0.5, 0.6) is 0 Å². The first-order valence-electron chi connectivity index (χ1n) is 13.5. The lowest BCUT2D eigenvalue weighted by Gasteiger charge is -2.46. The molecule has 16 nitrogen and oxygen atoms in total. The molecule has 0 saturated carbocycles. The van der Waals surface area contributed by atoms with E-state index in [1.165, 1.54) is 0 Å². The number of carboxylic acids is 3. The number of ether oxygens (including phenoxy) is 3. The minimum atomic E-state index is -3.43. The standard InChI is InChI=1S/C29H33NO15/c31-14-18-22(36)23(37)24(38)25(44-18)21(26(39)40)29(11-19(32)33,27(41)43-15-20(34)35)45-28(42)30(12-16-7-3-1-4-8-16)13-17-9-5-2-6-10-17/h1-10,18,21-25,31,36-38H,11-15H2,(H,32,33)(H,34,35)(H,39,40)/t18-,21?,22-,23+,24-,25?,29?/m1/s1. The molecule has 2 aromatic rings. The highest BCUT2D eigenvalue weighted by molar-refractivity contribution is 5.94. The smallest absolute Gasteiger partial charge is 0.411 e. The molecule has 2 aromatic carbocycles. The van der Waals surface area contributed by atoms with E-state index in [1.54, 1.807) is 60.7 Å². The lowest BCUT2D eigenvalue weighted by Crippen LogP contribution is -2.67. The quantitative estimate of drug-likeness (QED) is 0.126. The third kappa shape index (κ3) is 8.52. The average molecular weight is 636 g/mol. The van der Waals surface area contributed by atoms with Crippen LogP contribution in [0.1, 0.15) is 17.5 Å². The van der Waals surface area contributed by atoms with Crippen LogP contribution in [0.4, 0.5) is 4.79 Å². The highest BCUT2D eigenvalue weighted by Gasteiger charge is 2.63. The van der Waals surface area contributed by atoms with Crippen molar-refractivity contribution in [2.75, 3.05) is 13.2 Å². The molecule has 0 aromatic heterocycles. The maximum absolute atomic E-state index is 13.9. The summed E-state index contributed by atoms with van der Waals surface area (Å²) in [6.45, 7) is -2.82. The number of nitrogens with zero attached hydrogens (tertiary/aromatic N) is 1. The van der Waals surface area contributed by atoms with Crippen LogP contribution in [0.2, 0.25) is 0 Å². The van der Waals surface area contributed by atoms with Crippen LogP contribution in [0.25, 0.3) is 0 Å². The number of aliphatic hydroxyl groups excluding tert-OH is 4. The van der Waals surface area contributed by atoms with Crippen LogP contribution in [0, 0.1) is 5.92 Å². The molecule has 3 unspecified atom stereocenters. The van der Waals surface area contributed by atoms with Crippen molar-refractivity contribution in [3.8, 4) is 0 Å². The lowest BCUT2D eigenvalue weighted by molar-refractivity contribution is -0.258. The van der Waals surface area contributed by atoms with Gasteiger partial charge >= 0.3 is 30.0 Å². The highest BCUT2D eigenvalue weighted by Crippen LogP contribution is 2.38. The zero-order chi connectivity index (χ0) is 33.3. The van der Waals surface area contributed by atoms with Crippen molar-refractivity contribution in [2.24, 2.45) is 5.92 Å².